The molecule has 0 N–H and O–H groups in total. The summed E-state index contributed by atoms with van der Waals surface area (Å²) in [4.78, 5) is 0. The summed E-state index contributed by atoms with van der Waals surface area (Å²) < 4.78 is 65.3. The summed E-state index contributed by atoms with van der Waals surface area (Å²) in [6.07, 6.45) is 3.28. The van der Waals surface area contributed by atoms with Crippen LogP contribution in [0.4, 0.5) is 13.2 Å². The number of benzene rings is 7. The Morgan fingerprint density at radius 2 is 0.483 bits per heavy atom. The maximum atomic E-state index is 12.9. The molecule has 0 saturated carbocycles. The molecule has 0 amide bonds. The Labute approximate surface area is 735 Å². The Kier molecular flexibility index (Phi) is 39.1. The van der Waals surface area contributed by atoms with E-state index in [4.69, 9.17) is 4.11 Å². The van der Waals surface area contributed by atoms with Crippen molar-refractivity contribution < 1.29 is 17.3 Å². The Bertz CT molecular complexity index is 4090. The second kappa shape index (κ2) is 44.1. The van der Waals surface area contributed by atoms with E-state index in [0.717, 1.165) is 66.7 Å². The van der Waals surface area contributed by atoms with Crippen LogP contribution in [-0.4, -0.2) is 6.18 Å². The SMILES string of the molecule is CC(C)(C)c1cc(C(C)(C)C)cc(C(C)(C)C)c1.CC(C)(C)c1ccc(C(C)(C)C)c(C(C)(C)C)c1.CC(C)(C)c1ccccc1C(C)(C)C.CC(C)(C)c1ccccc1CC(C)(C)C(F)(F)F.CCC(CC)c1ccccc1C(C)(C)C.[2H]C(CC)(CC)c1cccc(C([2H])(CC)CC)c1C(C)(C)C.[2H]C(CC)(CC)c1ccccc1C(C)(C)C. The van der Waals surface area contributed by atoms with Gasteiger partial charge in [-0.1, -0.05) is 470 Å². The number of hydrogen-bond acceptors (Lipinski definition) is 0. The van der Waals surface area contributed by atoms with E-state index < -0.39 is 29.3 Å². The van der Waals surface area contributed by atoms with Crippen LogP contribution in [0.15, 0.2) is 152 Å². The van der Waals surface area contributed by atoms with Gasteiger partial charge in [-0.25, -0.2) is 0 Å². The second-order valence-corrected chi connectivity index (χ2v) is 46.6. The minimum Gasteiger partial charge on any atom is -0.171 e. The smallest absolute Gasteiger partial charge is 0.171 e. The highest BCUT2D eigenvalue weighted by Gasteiger charge is 2.47. The van der Waals surface area contributed by atoms with Crippen molar-refractivity contribution in [1.29, 1.82) is 0 Å². The molecule has 0 radical (unpaired) electrons. The lowest BCUT2D eigenvalue weighted by atomic mass is 9.73. The molecular weight excluding hydrogens is 1440 g/mol. The van der Waals surface area contributed by atoms with Gasteiger partial charge < -0.3 is 0 Å². The molecule has 0 heterocycles. The minimum atomic E-state index is -4.18. The van der Waals surface area contributed by atoms with E-state index >= 15 is 0 Å². The molecule has 0 unspecified atom stereocenters. The third-order valence-corrected chi connectivity index (χ3v) is 23.2. The third-order valence-electron chi connectivity index (χ3n) is 23.2. The van der Waals surface area contributed by atoms with Crippen LogP contribution < -0.4 is 0 Å². The van der Waals surface area contributed by atoms with Gasteiger partial charge in [-0.2, -0.15) is 13.2 Å². The van der Waals surface area contributed by atoms with Gasteiger partial charge in [0.15, 0.2) is 0 Å². The van der Waals surface area contributed by atoms with Gasteiger partial charge in [-0.3, -0.25) is 0 Å². The normalized spacial score (nSPS) is 13.7. The van der Waals surface area contributed by atoms with E-state index in [0.29, 0.717) is 0 Å². The van der Waals surface area contributed by atoms with Crippen LogP contribution in [0.3, 0.4) is 0 Å². The fourth-order valence-electron chi connectivity index (χ4n) is 15.5. The molecule has 0 spiro atoms. The fourth-order valence-corrected chi connectivity index (χ4v) is 15.5. The van der Waals surface area contributed by atoms with Crippen molar-refractivity contribution in [3.63, 3.8) is 0 Å². The summed E-state index contributed by atoms with van der Waals surface area (Å²) in [6, 6.07) is 54.0. The molecule has 0 nitrogen and oxygen atoms in total. The van der Waals surface area contributed by atoms with Crippen molar-refractivity contribution in [2.45, 2.75) is 471 Å². The summed E-state index contributed by atoms with van der Waals surface area (Å²) in [7, 11) is 0. The van der Waals surface area contributed by atoms with Crippen molar-refractivity contribution in [2.75, 3.05) is 0 Å². The van der Waals surface area contributed by atoms with E-state index in [-0.39, 0.29) is 71.4 Å². The molecule has 7 aromatic carbocycles. The zero-order valence-corrected chi connectivity index (χ0v) is 85.5. The first-order valence-electron chi connectivity index (χ1n) is 47.2. The first-order chi connectivity index (χ1) is 54.3. The topological polar surface area (TPSA) is 0 Å². The molecule has 118 heavy (non-hydrogen) atoms. The maximum Gasteiger partial charge on any atom is 0.394 e. The molecule has 666 valence electrons. The van der Waals surface area contributed by atoms with Crippen molar-refractivity contribution in [3.8, 4) is 0 Å². The lowest BCUT2D eigenvalue weighted by molar-refractivity contribution is -0.211. The largest absolute Gasteiger partial charge is 0.394 e. The van der Waals surface area contributed by atoms with Crippen LogP contribution >= 0.6 is 0 Å². The number of rotatable bonds is 14. The van der Waals surface area contributed by atoms with Gasteiger partial charge in [0, 0.05) is 4.11 Å². The molecule has 0 bridgehead atoms. The predicted octanol–water partition coefficient (Wildman–Crippen LogP) is 37.1. The van der Waals surface area contributed by atoms with Crippen LogP contribution in [0.1, 0.15) is 492 Å². The van der Waals surface area contributed by atoms with E-state index in [1.165, 1.54) is 93.5 Å². The highest BCUT2D eigenvalue weighted by Crippen LogP contribution is 2.45. The van der Waals surface area contributed by atoms with Crippen molar-refractivity contribution >= 4 is 0 Å². The van der Waals surface area contributed by atoms with Gasteiger partial charge >= 0.3 is 6.18 Å². The molecular formula is C115H185F3. The van der Waals surface area contributed by atoms with Crippen molar-refractivity contribution in [1.82, 2.24) is 0 Å². The summed E-state index contributed by atoms with van der Waals surface area (Å²) in [5, 5.41) is 0. The Balaban J connectivity index is 0.000000709. The summed E-state index contributed by atoms with van der Waals surface area (Å²) >= 11 is 0. The average Bonchev–Trinajstić information content (AvgIpc) is 0.750. The molecule has 0 aliphatic carbocycles. The lowest BCUT2D eigenvalue weighted by Gasteiger charge is -2.32. The lowest BCUT2D eigenvalue weighted by Crippen LogP contribution is -2.34. The molecule has 0 aliphatic rings. The monoisotopic (exact) mass is 1630 g/mol. The standard InChI is InChI=1S/C20H34.2C18H30.C15H21F3.2C15H24.C14H22/c1-8-15(9-2)17-13-12-14-18(16(10-3)11-4)19(17)20(5,6)7;1-16(2,3)13-10-14(17(4,5)6)12-15(11-13)18(7,8)9;1-16(2,3)13-10-11-14(17(4,5)6)15(12-13)18(7,8)9;1-13(2,3)12-9-7-6-8-11(12)10-14(4,5)15(16,17)18;2*1-6-12(7-2)13-10-8-9-11-14(13)15(3,4)5;1-13(2,3)11-9-7-8-10-12(11)14(4,5)6/h12-16H,8-11H2,1-7H3;2*10-12H,1-9H3;6-9H,10H2,1-5H3;2*8-12H,6-7H2,1-5H3;7-10H,1-6H3/i15D,16D;;;;12D;;. The molecule has 7 rings (SSSR count). The van der Waals surface area contributed by atoms with Gasteiger partial charge in [0.1, 0.15) is 0 Å². The Morgan fingerprint density at radius 1 is 0.229 bits per heavy atom. The highest BCUT2D eigenvalue weighted by molar-refractivity contribution is 5.47. The van der Waals surface area contributed by atoms with Crippen LogP contribution in [0.25, 0.3) is 0 Å². The fraction of sp³-hybridized carbons (Fsp3) is 0.635. The highest BCUT2D eigenvalue weighted by atomic mass is 19.4. The average molecular weight is 1630 g/mol. The van der Waals surface area contributed by atoms with E-state index in [1.54, 1.807) is 17.7 Å². The summed E-state index contributed by atoms with van der Waals surface area (Å²) in [5.41, 5.74) is 22.7. The van der Waals surface area contributed by atoms with Gasteiger partial charge in [0.2, 0.25) is 0 Å². The predicted molar refractivity (Wildman–Crippen MR) is 526 cm³/mol. The van der Waals surface area contributed by atoms with Gasteiger partial charge in [0.25, 0.3) is 0 Å². The summed E-state index contributed by atoms with van der Waals surface area (Å²) in [5.74, 6) is -0.813. The number of halogens is 3. The van der Waals surface area contributed by atoms with Crippen LogP contribution in [0.2, 0.25) is 0 Å². The molecule has 0 aromatic heterocycles. The van der Waals surface area contributed by atoms with Crippen LogP contribution in [-0.2, 0) is 71.4 Å². The first-order valence-corrected chi connectivity index (χ1v) is 45.7. The molecule has 3 heteroatoms. The molecule has 0 fully saturated rings. The Morgan fingerprint density at radius 3 is 0.763 bits per heavy atom. The van der Waals surface area contributed by atoms with E-state index in [9.17, 15) is 13.2 Å². The second-order valence-electron chi connectivity index (χ2n) is 46.6. The van der Waals surface area contributed by atoms with Crippen molar-refractivity contribution in [3.05, 3.63) is 246 Å². The number of hydrogen-bond donors (Lipinski definition) is 0. The minimum absolute atomic E-state index is 0.0178. The summed E-state index contributed by atoms with van der Waals surface area (Å²) in [6.45, 7) is 101. The quantitative estimate of drug-likeness (QED) is 0.102. The van der Waals surface area contributed by atoms with E-state index in [1.807, 2.05) is 32.9 Å². The molecule has 7 aromatic rings. The zero-order chi connectivity index (χ0) is 94.9. The van der Waals surface area contributed by atoms with Crippen molar-refractivity contribution in [2.24, 2.45) is 5.41 Å². The van der Waals surface area contributed by atoms with Crippen LogP contribution in [0, 0.1) is 5.41 Å². The first kappa shape index (κ1) is 105. The zero-order valence-electron chi connectivity index (χ0n) is 88.5. The molecule has 0 atom stereocenters. The molecule has 0 aliphatic heterocycles. The van der Waals surface area contributed by atoms with Gasteiger partial charge in [-0.05, 0) is 241 Å². The van der Waals surface area contributed by atoms with Gasteiger partial charge in [0.05, 0.1) is 5.41 Å². The third kappa shape index (κ3) is 34.6. The van der Waals surface area contributed by atoms with Crippen LogP contribution in [0.5, 0.6) is 0 Å². The Hall–Kier alpha value is -5.67. The van der Waals surface area contributed by atoms with E-state index in [2.05, 4.69) is 411 Å². The maximum absolute atomic E-state index is 12.9. The van der Waals surface area contributed by atoms with Gasteiger partial charge in [-0.15, -0.1) is 0 Å². The number of alkyl halides is 3. The molecule has 0 saturated heterocycles.